The molecule has 5 heteroatoms. The molecule has 0 aromatic carbocycles. The van der Waals surface area contributed by atoms with Crippen molar-refractivity contribution in [1.29, 1.82) is 0 Å². The van der Waals surface area contributed by atoms with Gasteiger partial charge in [-0.15, -0.1) is 0 Å². The largest absolute Gasteiger partial charge is 0.550 e. The first kappa shape index (κ1) is 11.4. The topological polar surface area (TPSA) is 75.0 Å². The molecule has 0 spiro atoms. The first-order chi connectivity index (χ1) is 7.00. The fourth-order valence-corrected chi connectivity index (χ4v) is 1.43. The van der Waals surface area contributed by atoms with Gasteiger partial charge >= 0.3 is 5.69 Å². The molecule has 0 radical (unpaired) electrons. The van der Waals surface area contributed by atoms with E-state index in [1.807, 2.05) is 0 Å². The zero-order valence-corrected chi connectivity index (χ0v) is 8.82. The van der Waals surface area contributed by atoms with Crippen LogP contribution in [0.3, 0.4) is 0 Å². The van der Waals surface area contributed by atoms with Crippen molar-refractivity contribution < 1.29 is 9.90 Å². The number of hydrogen-bond donors (Lipinski definition) is 0. The molecule has 0 fully saturated rings. The van der Waals surface area contributed by atoms with E-state index in [1.165, 1.54) is 4.57 Å². The highest BCUT2D eigenvalue weighted by molar-refractivity contribution is 5.64. The summed E-state index contributed by atoms with van der Waals surface area (Å²) in [6.45, 7) is 3.92. The van der Waals surface area contributed by atoms with Crippen LogP contribution in [0.25, 0.3) is 0 Å². The van der Waals surface area contributed by atoms with Gasteiger partial charge in [0.25, 0.3) is 0 Å². The molecule has 0 aliphatic carbocycles. The average Bonchev–Trinajstić information content (AvgIpc) is 2.08. The number of carboxylic acid groups (broad SMARTS) is 1. The standard InChI is InChI=1S/C10H14N2O3/c1-7-6-8(2)12(10(15)11-7)5-3-4-9(13)14/h6H,3-5H2,1-2H3,(H,13,14)/p-1. The molecule has 0 bridgehead atoms. The number of nitrogens with zero attached hydrogens (tertiary/aromatic N) is 2. The van der Waals surface area contributed by atoms with Gasteiger partial charge in [0, 0.05) is 23.9 Å². The van der Waals surface area contributed by atoms with Crippen molar-refractivity contribution in [3.63, 3.8) is 0 Å². The van der Waals surface area contributed by atoms with Crippen LogP contribution in [0.15, 0.2) is 10.9 Å². The molecule has 1 rings (SSSR count). The third-order valence-corrected chi connectivity index (χ3v) is 2.11. The fourth-order valence-electron chi connectivity index (χ4n) is 1.43. The number of carbonyl (C=O) groups is 1. The summed E-state index contributed by atoms with van der Waals surface area (Å²) in [5.41, 5.74) is 1.14. The first-order valence-corrected chi connectivity index (χ1v) is 4.75. The van der Waals surface area contributed by atoms with Gasteiger partial charge in [0.2, 0.25) is 0 Å². The molecule has 0 saturated carbocycles. The molecule has 0 saturated heterocycles. The van der Waals surface area contributed by atoms with Gasteiger partial charge in [-0.1, -0.05) is 0 Å². The van der Waals surface area contributed by atoms with Gasteiger partial charge < -0.3 is 9.90 Å². The van der Waals surface area contributed by atoms with Crippen molar-refractivity contribution in [3.8, 4) is 0 Å². The van der Waals surface area contributed by atoms with Crippen LogP contribution in [-0.2, 0) is 11.3 Å². The van der Waals surface area contributed by atoms with Crippen molar-refractivity contribution in [2.75, 3.05) is 0 Å². The minimum atomic E-state index is -1.10. The lowest BCUT2D eigenvalue weighted by Crippen LogP contribution is -2.27. The normalized spacial score (nSPS) is 10.3. The Balaban J connectivity index is 2.77. The van der Waals surface area contributed by atoms with Crippen molar-refractivity contribution in [2.24, 2.45) is 0 Å². The van der Waals surface area contributed by atoms with Crippen LogP contribution >= 0.6 is 0 Å². The van der Waals surface area contributed by atoms with Crippen LogP contribution in [0, 0.1) is 13.8 Å². The van der Waals surface area contributed by atoms with Crippen molar-refractivity contribution in [1.82, 2.24) is 9.55 Å². The summed E-state index contributed by atoms with van der Waals surface area (Å²) in [7, 11) is 0. The zero-order chi connectivity index (χ0) is 11.4. The minimum absolute atomic E-state index is 0.0419. The zero-order valence-electron chi connectivity index (χ0n) is 8.82. The highest BCUT2D eigenvalue weighted by Gasteiger charge is 2.02. The molecular formula is C10H13N2O3-. The number of carboxylic acids is 1. The van der Waals surface area contributed by atoms with Gasteiger partial charge in [-0.05, 0) is 32.8 Å². The van der Waals surface area contributed by atoms with Crippen LogP contribution in [0.5, 0.6) is 0 Å². The summed E-state index contributed by atoms with van der Waals surface area (Å²) in [5, 5.41) is 10.2. The number of hydrogen-bond acceptors (Lipinski definition) is 4. The summed E-state index contributed by atoms with van der Waals surface area (Å²) in [6.07, 6.45) is 0.341. The van der Waals surface area contributed by atoms with E-state index in [1.54, 1.807) is 19.9 Å². The third kappa shape index (κ3) is 3.19. The molecular weight excluding hydrogens is 196 g/mol. The third-order valence-electron chi connectivity index (χ3n) is 2.11. The molecule has 0 amide bonds. The molecule has 0 unspecified atom stereocenters. The summed E-state index contributed by atoms with van der Waals surface area (Å²) >= 11 is 0. The van der Waals surface area contributed by atoms with Crippen LogP contribution in [0.4, 0.5) is 0 Å². The predicted octanol–water partition coefficient (Wildman–Crippen LogP) is -0.610. The maximum atomic E-state index is 11.4. The van der Waals surface area contributed by atoms with Crippen molar-refractivity contribution in [3.05, 3.63) is 27.9 Å². The molecule has 1 aromatic rings. The van der Waals surface area contributed by atoms with Gasteiger partial charge in [-0.2, -0.15) is 4.98 Å². The summed E-state index contributed by atoms with van der Waals surface area (Å²) in [5.74, 6) is -1.10. The van der Waals surface area contributed by atoms with Gasteiger partial charge in [0.05, 0.1) is 0 Å². The summed E-state index contributed by atoms with van der Waals surface area (Å²) < 4.78 is 1.47. The van der Waals surface area contributed by atoms with E-state index < -0.39 is 5.97 Å². The SMILES string of the molecule is Cc1cc(C)n(CCCC(=O)[O-])c(=O)n1. The Hall–Kier alpha value is -1.65. The molecule has 82 valence electrons. The Morgan fingerprint density at radius 3 is 2.73 bits per heavy atom. The average molecular weight is 209 g/mol. The van der Waals surface area contributed by atoms with Crippen LogP contribution in [-0.4, -0.2) is 15.5 Å². The monoisotopic (exact) mass is 209 g/mol. The molecule has 1 aromatic heterocycles. The lowest BCUT2D eigenvalue weighted by atomic mass is 10.3. The molecule has 1 heterocycles. The summed E-state index contributed by atoms with van der Waals surface area (Å²) in [6, 6.07) is 1.79. The maximum Gasteiger partial charge on any atom is 0.347 e. The highest BCUT2D eigenvalue weighted by atomic mass is 16.4. The van der Waals surface area contributed by atoms with Crippen LogP contribution in [0.2, 0.25) is 0 Å². The van der Waals surface area contributed by atoms with E-state index in [4.69, 9.17) is 0 Å². The Kier molecular flexibility index (Phi) is 3.60. The fraction of sp³-hybridized carbons (Fsp3) is 0.500. The maximum absolute atomic E-state index is 11.4. The molecule has 0 atom stereocenters. The molecule has 0 aliphatic heterocycles. The number of aliphatic carboxylic acids is 1. The van der Waals surface area contributed by atoms with Gasteiger partial charge in [0.1, 0.15) is 0 Å². The van der Waals surface area contributed by atoms with E-state index in [-0.39, 0.29) is 12.1 Å². The molecule has 0 N–H and O–H groups in total. The molecule has 0 aliphatic rings. The van der Waals surface area contributed by atoms with Crippen LogP contribution in [0.1, 0.15) is 24.2 Å². The summed E-state index contributed by atoms with van der Waals surface area (Å²) in [4.78, 5) is 25.4. The second-order valence-electron chi connectivity index (χ2n) is 3.45. The van der Waals surface area contributed by atoms with Crippen molar-refractivity contribution in [2.45, 2.75) is 33.2 Å². The Labute approximate surface area is 87.4 Å². The quantitative estimate of drug-likeness (QED) is 0.663. The number of aromatic nitrogens is 2. The Bertz CT molecular complexity index is 423. The second kappa shape index (κ2) is 4.72. The number of carbonyl (C=O) groups excluding carboxylic acids is 1. The van der Waals surface area contributed by atoms with Crippen LogP contribution < -0.4 is 10.8 Å². The van der Waals surface area contributed by atoms with E-state index in [2.05, 4.69) is 4.98 Å². The first-order valence-electron chi connectivity index (χ1n) is 4.75. The molecule has 5 nitrogen and oxygen atoms in total. The Morgan fingerprint density at radius 1 is 1.53 bits per heavy atom. The van der Waals surface area contributed by atoms with E-state index in [9.17, 15) is 14.7 Å². The smallest absolute Gasteiger partial charge is 0.347 e. The van der Waals surface area contributed by atoms with E-state index >= 15 is 0 Å². The predicted molar refractivity (Wildman–Crippen MR) is 52.2 cm³/mol. The number of aryl methyl sites for hydroxylation is 2. The lowest BCUT2D eigenvalue weighted by Gasteiger charge is -2.09. The minimum Gasteiger partial charge on any atom is -0.550 e. The van der Waals surface area contributed by atoms with Gasteiger partial charge in [0.15, 0.2) is 0 Å². The van der Waals surface area contributed by atoms with E-state index in [0.717, 1.165) is 5.69 Å². The Morgan fingerprint density at radius 2 is 2.20 bits per heavy atom. The van der Waals surface area contributed by atoms with Gasteiger partial charge in [-0.25, -0.2) is 4.79 Å². The van der Waals surface area contributed by atoms with Gasteiger partial charge in [-0.3, -0.25) is 4.57 Å². The molecule has 15 heavy (non-hydrogen) atoms. The lowest BCUT2D eigenvalue weighted by molar-refractivity contribution is -0.305. The highest BCUT2D eigenvalue weighted by Crippen LogP contribution is 1.99. The van der Waals surface area contributed by atoms with Crippen molar-refractivity contribution >= 4 is 5.97 Å². The number of rotatable bonds is 4. The second-order valence-corrected chi connectivity index (χ2v) is 3.45. The van der Waals surface area contributed by atoms with E-state index in [0.29, 0.717) is 18.7 Å².